The minimum Gasteiger partial charge on any atom is -0.508 e. The number of nitrogens with one attached hydrogen (secondary N) is 1. The molecule has 140 valence electrons. The van der Waals surface area contributed by atoms with Gasteiger partial charge in [-0.1, -0.05) is 23.2 Å². The second-order valence-electron chi connectivity index (χ2n) is 7.33. The van der Waals surface area contributed by atoms with Gasteiger partial charge in [-0.15, -0.1) is 0 Å². The Morgan fingerprint density at radius 2 is 2.04 bits per heavy atom. The number of hydrogen-bond donors (Lipinski definition) is 2. The van der Waals surface area contributed by atoms with Gasteiger partial charge in [0, 0.05) is 37.8 Å². The number of phenolic OH excluding ortho intramolecular Hbond substituents is 1. The van der Waals surface area contributed by atoms with Gasteiger partial charge in [0.2, 0.25) is 11.8 Å². The van der Waals surface area contributed by atoms with E-state index >= 15 is 0 Å². The van der Waals surface area contributed by atoms with Crippen LogP contribution in [0.25, 0.3) is 0 Å². The molecule has 26 heavy (non-hydrogen) atoms. The number of nitrogens with zero attached hydrogens (tertiary/aromatic N) is 2. The van der Waals surface area contributed by atoms with Crippen molar-refractivity contribution in [2.45, 2.75) is 24.8 Å². The van der Waals surface area contributed by atoms with Crippen molar-refractivity contribution in [3.8, 4) is 5.75 Å². The maximum atomic E-state index is 12.5. The van der Waals surface area contributed by atoms with Crippen LogP contribution in [-0.4, -0.2) is 65.5 Å². The van der Waals surface area contributed by atoms with Gasteiger partial charge in [-0.05, 0) is 30.9 Å². The Morgan fingerprint density at radius 3 is 2.73 bits per heavy atom. The standard InChI is InChI=1S/C18H21Cl2N3O3/c19-13-1-2-14(24)16(17(13)20)10-3-4-23-12(5-10)8-22(9-15(23)25)18(26)11-6-21-7-11/h1-2,10-12,21,24H,3-9H2/t10-,12+/m0/s1. The molecule has 0 radical (unpaired) electrons. The summed E-state index contributed by atoms with van der Waals surface area (Å²) in [7, 11) is 0. The van der Waals surface area contributed by atoms with Crippen molar-refractivity contribution < 1.29 is 14.7 Å². The summed E-state index contributed by atoms with van der Waals surface area (Å²) in [5, 5.41) is 14.2. The van der Waals surface area contributed by atoms with E-state index in [1.165, 1.54) is 0 Å². The second-order valence-corrected chi connectivity index (χ2v) is 8.12. The predicted octanol–water partition coefficient (Wildman–Crippen LogP) is 1.84. The summed E-state index contributed by atoms with van der Waals surface area (Å²) in [6.45, 7) is 2.68. The summed E-state index contributed by atoms with van der Waals surface area (Å²) in [6, 6.07) is 3.08. The molecular formula is C18H21Cl2N3O3. The third-order valence-electron chi connectivity index (χ3n) is 5.75. The SMILES string of the molecule is O=C(C1CNC1)N1CC(=O)N2CC[C@H](c3c(O)ccc(Cl)c3Cl)C[C@@H]2C1. The summed E-state index contributed by atoms with van der Waals surface area (Å²) in [5.74, 6) is 0.188. The predicted molar refractivity (Wildman–Crippen MR) is 98.5 cm³/mol. The van der Waals surface area contributed by atoms with E-state index in [2.05, 4.69) is 5.32 Å². The van der Waals surface area contributed by atoms with E-state index < -0.39 is 0 Å². The Labute approximate surface area is 162 Å². The number of carbonyl (C=O) groups excluding carboxylic acids is 2. The molecule has 1 aromatic carbocycles. The minimum atomic E-state index is -0.0542. The quantitative estimate of drug-likeness (QED) is 0.798. The van der Waals surface area contributed by atoms with Crippen LogP contribution in [0.1, 0.15) is 24.3 Å². The fraction of sp³-hybridized carbons (Fsp3) is 0.556. The molecule has 8 heteroatoms. The Bertz CT molecular complexity index is 753. The molecule has 3 heterocycles. The van der Waals surface area contributed by atoms with E-state index in [4.69, 9.17) is 23.2 Å². The van der Waals surface area contributed by atoms with Crippen LogP contribution < -0.4 is 5.32 Å². The highest BCUT2D eigenvalue weighted by Gasteiger charge is 2.41. The lowest BCUT2D eigenvalue weighted by molar-refractivity contribution is -0.153. The lowest BCUT2D eigenvalue weighted by Crippen LogP contribution is -2.62. The van der Waals surface area contributed by atoms with Crippen LogP contribution in [0.3, 0.4) is 0 Å². The molecule has 0 bridgehead atoms. The fourth-order valence-corrected chi connectivity index (χ4v) is 4.70. The van der Waals surface area contributed by atoms with E-state index in [9.17, 15) is 14.7 Å². The molecule has 6 nitrogen and oxygen atoms in total. The Morgan fingerprint density at radius 1 is 1.27 bits per heavy atom. The molecule has 2 amide bonds. The van der Waals surface area contributed by atoms with Crippen LogP contribution in [-0.2, 0) is 9.59 Å². The van der Waals surface area contributed by atoms with Gasteiger partial charge in [-0.2, -0.15) is 0 Å². The van der Waals surface area contributed by atoms with Crippen molar-refractivity contribution in [1.29, 1.82) is 0 Å². The molecule has 2 atom stereocenters. The molecule has 0 unspecified atom stereocenters. The van der Waals surface area contributed by atoms with Gasteiger partial charge in [0.05, 0.1) is 22.5 Å². The molecule has 3 fully saturated rings. The summed E-state index contributed by atoms with van der Waals surface area (Å²) in [5.41, 5.74) is 0.651. The minimum absolute atomic E-state index is 0.00162. The first-order valence-electron chi connectivity index (χ1n) is 8.91. The second kappa shape index (κ2) is 6.91. The van der Waals surface area contributed by atoms with Crippen LogP contribution in [0.4, 0.5) is 0 Å². The number of piperidine rings is 1. The number of phenols is 1. The zero-order valence-electron chi connectivity index (χ0n) is 14.3. The van der Waals surface area contributed by atoms with Crippen molar-refractivity contribution in [3.63, 3.8) is 0 Å². The molecular weight excluding hydrogens is 377 g/mol. The summed E-state index contributed by atoms with van der Waals surface area (Å²) < 4.78 is 0. The van der Waals surface area contributed by atoms with Crippen LogP contribution in [0.5, 0.6) is 5.75 Å². The van der Waals surface area contributed by atoms with E-state index in [0.29, 0.717) is 48.2 Å². The van der Waals surface area contributed by atoms with E-state index in [0.717, 1.165) is 6.42 Å². The molecule has 3 aliphatic heterocycles. The molecule has 0 aliphatic carbocycles. The van der Waals surface area contributed by atoms with Crippen LogP contribution in [0, 0.1) is 5.92 Å². The fourth-order valence-electron chi connectivity index (χ4n) is 4.22. The number of rotatable bonds is 2. The highest BCUT2D eigenvalue weighted by molar-refractivity contribution is 6.42. The first-order chi connectivity index (χ1) is 12.5. The van der Waals surface area contributed by atoms with Crippen molar-refractivity contribution in [3.05, 3.63) is 27.7 Å². The Kier molecular flexibility index (Phi) is 4.75. The molecule has 3 saturated heterocycles. The van der Waals surface area contributed by atoms with Crippen molar-refractivity contribution in [2.75, 3.05) is 32.7 Å². The lowest BCUT2D eigenvalue weighted by Gasteiger charge is -2.47. The third kappa shape index (κ3) is 3.04. The molecule has 2 N–H and O–H groups in total. The Hall–Kier alpha value is -1.50. The molecule has 1 aromatic rings. The maximum absolute atomic E-state index is 12.5. The first-order valence-corrected chi connectivity index (χ1v) is 9.67. The van der Waals surface area contributed by atoms with Gasteiger partial charge < -0.3 is 20.2 Å². The zero-order valence-corrected chi connectivity index (χ0v) is 15.8. The smallest absolute Gasteiger partial charge is 0.242 e. The first kappa shape index (κ1) is 17.9. The number of amides is 2. The number of carbonyl (C=O) groups is 2. The van der Waals surface area contributed by atoms with Gasteiger partial charge >= 0.3 is 0 Å². The van der Waals surface area contributed by atoms with Crippen LogP contribution in [0.2, 0.25) is 10.0 Å². The molecule has 4 rings (SSSR count). The third-order valence-corrected chi connectivity index (χ3v) is 6.57. The zero-order chi connectivity index (χ0) is 18.4. The lowest BCUT2D eigenvalue weighted by atomic mass is 9.83. The van der Waals surface area contributed by atoms with Crippen molar-refractivity contribution >= 4 is 35.0 Å². The average molecular weight is 398 g/mol. The monoisotopic (exact) mass is 397 g/mol. The summed E-state index contributed by atoms with van der Waals surface area (Å²) >= 11 is 12.5. The number of piperazine rings is 1. The number of hydrogen-bond acceptors (Lipinski definition) is 4. The van der Waals surface area contributed by atoms with Gasteiger partial charge in [0.25, 0.3) is 0 Å². The van der Waals surface area contributed by atoms with Gasteiger partial charge in [-0.3, -0.25) is 9.59 Å². The number of fused-ring (bicyclic) bond motifs is 1. The van der Waals surface area contributed by atoms with Crippen molar-refractivity contribution in [2.24, 2.45) is 5.92 Å². The van der Waals surface area contributed by atoms with E-state index in [1.54, 1.807) is 17.0 Å². The van der Waals surface area contributed by atoms with Crippen molar-refractivity contribution in [1.82, 2.24) is 15.1 Å². The van der Waals surface area contributed by atoms with Crippen LogP contribution in [0.15, 0.2) is 12.1 Å². The van der Waals surface area contributed by atoms with Gasteiger partial charge in [0.1, 0.15) is 5.75 Å². The van der Waals surface area contributed by atoms with Gasteiger partial charge in [-0.25, -0.2) is 0 Å². The van der Waals surface area contributed by atoms with E-state index in [1.807, 2.05) is 4.90 Å². The highest BCUT2D eigenvalue weighted by Crippen LogP contribution is 2.43. The number of halogens is 2. The molecule has 3 aliphatic rings. The van der Waals surface area contributed by atoms with Gasteiger partial charge in [0.15, 0.2) is 0 Å². The molecule has 0 saturated carbocycles. The Balaban J connectivity index is 1.53. The average Bonchev–Trinajstić information content (AvgIpc) is 2.56. The number of benzene rings is 1. The molecule has 0 aromatic heterocycles. The summed E-state index contributed by atoms with van der Waals surface area (Å²) in [6.07, 6.45) is 1.38. The molecule has 0 spiro atoms. The number of aromatic hydroxyl groups is 1. The van der Waals surface area contributed by atoms with Crippen LogP contribution >= 0.6 is 23.2 Å². The van der Waals surface area contributed by atoms with E-state index in [-0.39, 0.29) is 42.0 Å². The maximum Gasteiger partial charge on any atom is 0.242 e. The summed E-state index contributed by atoms with van der Waals surface area (Å²) in [4.78, 5) is 28.6. The topological polar surface area (TPSA) is 72.9 Å². The largest absolute Gasteiger partial charge is 0.508 e. The normalized spacial score (nSPS) is 26.5. The highest BCUT2D eigenvalue weighted by atomic mass is 35.5.